The summed E-state index contributed by atoms with van der Waals surface area (Å²) in [5, 5.41) is 0. The van der Waals surface area contributed by atoms with Crippen LogP contribution in [0.2, 0.25) is 0 Å². The molecule has 2 aromatic rings. The third-order valence-corrected chi connectivity index (χ3v) is 5.78. The molecule has 0 heterocycles. The van der Waals surface area contributed by atoms with Crippen LogP contribution in [0.1, 0.15) is 51.2 Å². The van der Waals surface area contributed by atoms with Crippen LogP contribution < -0.4 is 0 Å². The average Bonchev–Trinajstić information content (AvgIpc) is 2.53. The molecule has 2 bridgehead atoms. The van der Waals surface area contributed by atoms with Crippen molar-refractivity contribution < 1.29 is 0 Å². The van der Waals surface area contributed by atoms with Crippen LogP contribution in [0, 0.1) is 35.0 Å². The fraction of sp³-hybridized carbons (Fsp3) is 0.360. The summed E-state index contributed by atoms with van der Waals surface area (Å²) in [7, 11) is 0. The van der Waals surface area contributed by atoms with Gasteiger partial charge in [0.15, 0.2) is 0 Å². The molecule has 0 aromatic heterocycles. The Morgan fingerprint density at radius 2 is 1.32 bits per heavy atom. The third-order valence-electron chi connectivity index (χ3n) is 5.78. The molecule has 2 aromatic carbocycles. The molecule has 3 saturated carbocycles. The first-order valence-corrected chi connectivity index (χ1v) is 9.05. The highest BCUT2D eigenvalue weighted by Gasteiger charge is 2.66. The van der Waals surface area contributed by atoms with Gasteiger partial charge in [0.05, 0.1) is 0 Å². The minimum absolute atomic E-state index is 0.192. The molecule has 0 nitrogen and oxygen atoms in total. The van der Waals surface area contributed by atoms with Gasteiger partial charge in [-0.2, -0.15) is 0 Å². The van der Waals surface area contributed by atoms with Crippen molar-refractivity contribution >= 4 is 0 Å². The maximum Gasteiger partial charge on any atom is 0.0361 e. The summed E-state index contributed by atoms with van der Waals surface area (Å²) in [4.78, 5) is 0. The average molecular weight is 324 g/mol. The molecule has 0 aliphatic heterocycles. The Hall–Kier alpha value is -2.44. The number of rotatable bonds is 1. The summed E-state index contributed by atoms with van der Waals surface area (Å²) in [6, 6.07) is 17.5. The van der Waals surface area contributed by atoms with Crippen molar-refractivity contribution in [2.45, 2.75) is 45.4 Å². The number of terminal acetylenes is 1. The fourth-order valence-electron chi connectivity index (χ4n) is 4.19. The van der Waals surface area contributed by atoms with E-state index in [-0.39, 0.29) is 16.2 Å². The summed E-state index contributed by atoms with van der Waals surface area (Å²) in [6.07, 6.45) is 8.88. The van der Waals surface area contributed by atoms with E-state index in [1.165, 1.54) is 16.7 Å². The lowest BCUT2D eigenvalue weighted by Gasteiger charge is -2.65. The zero-order chi connectivity index (χ0) is 17.7. The predicted octanol–water partition coefficient (Wildman–Crippen LogP) is 5.81. The van der Waals surface area contributed by atoms with Crippen molar-refractivity contribution in [3.63, 3.8) is 0 Å². The minimum Gasteiger partial charge on any atom is -0.120 e. The SMILES string of the molecule is C#CC12CC(C#Cc3ccc(-c4ccc(C(C)(C)C)cc4)cc3)(C1)C2. The van der Waals surface area contributed by atoms with E-state index >= 15 is 0 Å². The molecule has 3 aliphatic rings. The molecule has 25 heavy (non-hydrogen) atoms. The van der Waals surface area contributed by atoms with Crippen LogP contribution in [-0.2, 0) is 5.41 Å². The van der Waals surface area contributed by atoms with Crippen LogP contribution in [0.4, 0.5) is 0 Å². The minimum atomic E-state index is 0.192. The Morgan fingerprint density at radius 1 is 0.800 bits per heavy atom. The molecule has 0 atom stereocenters. The van der Waals surface area contributed by atoms with Crippen molar-refractivity contribution in [3.8, 4) is 35.3 Å². The van der Waals surface area contributed by atoms with Gasteiger partial charge in [0.1, 0.15) is 0 Å². The standard InChI is InChI=1S/C25H24/c1-5-24-16-25(17-24,18-24)15-14-19-6-8-20(9-7-19)21-10-12-22(13-11-21)23(2,3)4/h1,6-13H,16-18H2,2-4H3. The van der Waals surface area contributed by atoms with Crippen LogP contribution >= 0.6 is 0 Å². The van der Waals surface area contributed by atoms with Crippen molar-refractivity contribution in [2.24, 2.45) is 10.8 Å². The zero-order valence-electron chi connectivity index (χ0n) is 15.3. The molecule has 0 radical (unpaired) electrons. The van der Waals surface area contributed by atoms with Gasteiger partial charge in [0.2, 0.25) is 0 Å². The topological polar surface area (TPSA) is 0 Å². The Kier molecular flexibility index (Phi) is 3.39. The molecular formula is C25H24. The molecule has 124 valence electrons. The summed E-state index contributed by atoms with van der Waals surface area (Å²) < 4.78 is 0. The molecule has 3 aliphatic carbocycles. The Morgan fingerprint density at radius 3 is 1.80 bits per heavy atom. The van der Waals surface area contributed by atoms with Crippen molar-refractivity contribution in [2.75, 3.05) is 0 Å². The van der Waals surface area contributed by atoms with Gasteiger partial charge in [-0.25, -0.2) is 0 Å². The second-order valence-electron chi connectivity index (χ2n) is 8.89. The first-order valence-electron chi connectivity index (χ1n) is 9.05. The van der Waals surface area contributed by atoms with Crippen LogP contribution in [-0.4, -0.2) is 0 Å². The second kappa shape index (κ2) is 5.28. The summed E-state index contributed by atoms with van der Waals surface area (Å²) in [5.74, 6) is 9.77. The Bertz CT molecular complexity index is 880. The number of hydrogen-bond acceptors (Lipinski definition) is 0. The van der Waals surface area contributed by atoms with Crippen LogP contribution in [0.25, 0.3) is 11.1 Å². The molecule has 0 amide bonds. The fourth-order valence-corrected chi connectivity index (χ4v) is 4.19. The van der Waals surface area contributed by atoms with Gasteiger partial charge in [0, 0.05) is 16.4 Å². The van der Waals surface area contributed by atoms with Gasteiger partial charge in [-0.15, -0.1) is 6.42 Å². The van der Waals surface area contributed by atoms with E-state index in [4.69, 9.17) is 6.42 Å². The number of hydrogen-bond donors (Lipinski definition) is 0. The van der Waals surface area contributed by atoms with Crippen molar-refractivity contribution in [1.29, 1.82) is 0 Å². The molecule has 0 heteroatoms. The maximum atomic E-state index is 5.58. The van der Waals surface area contributed by atoms with E-state index in [0.717, 1.165) is 24.8 Å². The Balaban J connectivity index is 1.47. The highest BCUT2D eigenvalue weighted by molar-refractivity contribution is 5.65. The van der Waals surface area contributed by atoms with E-state index in [9.17, 15) is 0 Å². The first kappa shape index (κ1) is 16.1. The second-order valence-corrected chi connectivity index (χ2v) is 8.89. The molecule has 0 unspecified atom stereocenters. The molecule has 5 rings (SSSR count). The van der Waals surface area contributed by atoms with E-state index in [1.807, 2.05) is 0 Å². The van der Waals surface area contributed by atoms with Gasteiger partial charge in [-0.3, -0.25) is 0 Å². The highest BCUT2D eigenvalue weighted by Crippen LogP contribution is 2.72. The van der Waals surface area contributed by atoms with Gasteiger partial charge in [0.25, 0.3) is 0 Å². The summed E-state index contributed by atoms with van der Waals surface area (Å²) >= 11 is 0. The van der Waals surface area contributed by atoms with Crippen molar-refractivity contribution in [1.82, 2.24) is 0 Å². The van der Waals surface area contributed by atoms with E-state index < -0.39 is 0 Å². The lowest BCUT2D eigenvalue weighted by Crippen LogP contribution is -2.59. The van der Waals surface area contributed by atoms with Crippen LogP contribution in [0.3, 0.4) is 0 Å². The van der Waals surface area contributed by atoms with E-state index in [0.29, 0.717) is 0 Å². The van der Waals surface area contributed by atoms with Crippen LogP contribution in [0.5, 0.6) is 0 Å². The van der Waals surface area contributed by atoms with Gasteiger partial charge >= 0.3 is 0 Å². The first-order chi connectivity index (χ1) is 11.8. The van der Waals surface area contributed by atoms with E-state index in [2.05, 4.69) is 87.1 Å². The van der Waals surface area contributed by atoms with Gasteiger partial charge in [-0.1, -0.05) is 74.9 Å². The van der Waals surface area contributed by atoms with E-state index in [1.54, 1.807) is 0 Å². The predicted molar refractivity (Wildman–Crippen MR) is 105 cm³/mol. The molecule has 0 N–H and O–H groups in total. The van der Waals surface area contributed by atoms with Gasteiger partial charge in [-0.05, 0) is 53.5 Å². The quantitative estimate of drug-likeness (QED) is 0.581. The normalized spacial score (nSPS) is 26.5. The monoisotopic (exact) mass is 324 g/mol. The Labute approximate surface area is 151 Å². The number of benzene rings is 2. The van der Waals surface area contributed by atoms with Crippen LogP contribution in [0.15, 0.2) is 48.5 Å². The summed E-state index contributed by atoms with van der Waals surface area (Å²) in [5.41, 5.74) is 5.57. The molecule has 0 saturated heterocycles. The highest BCUT2D eigenvalue weighted by atomic mass is 14.7. The maximum absolute atomic E-state index is 5.58. The zero-order valence-corrected chi connectivity index (χ0v) is 15.3. The lowest BCUT2D eigenvalue weighted by molar-refractivity contribution is -0.113. The summed E-state index contributed by atoms with van der Waals surface area (Å²) in [6.45, 7) is 6.73. The van der Waals surface area contributed by atoms with Gasteiger partial charge < -0.3 is 0 Å². The lowest BCUT2D eigenvalue weighted by atomic mass is 9.36. The largest absolute Gasteiger partial charge is 0.120 e. The van der Waals surface area contributed by atoms with Crippen molar-refractivity contribution in [3.05, 3.63) is 59.7 Å². The molecule has 0 spiro atoms. The molecule has 3 fully saturated rings. The smallest absolute Gasteiger partial charge is 0.0361 e. The third kappa shape index (κ3) is 2.77. The molecular weight excluding hydrogens is 300 g/mol.